The molecule has 1 saturated heterocycles. The summed E-state index contributed by atoms with van der Waals surface area (Å²) in [4.78, 5) is 2.42. The molecule has 2 nitrogen and oxygen atoms in total. The van der Waals surface area contributed by atoms with E-state index in [-0.39, 0.29) is 0 Å². The van der Waals surface area contributed by atoms with Gasteiger partial charge in [-0.2, -0.15) is 0 Å². The average molecular weight is 253 g/mol. The number of rotatable bonds is 4. The van der Waals surface area contributed by atoms with Crippen molar-refractivity contribution in [2.45, 2.75) is 31.8 Å². The van der Waals surface area contributed by atoms with Gasteiger partial charge in [0.25, 0.3) is 0 Å². The highest BCUT2D eigenvalue weighted by Crippen LogP contribution is 2.15. The van der Waals surface area contributed by atoms with E-state index in [1.54, 1.807) is 0 Å². The van der Waals surface area contributed by atoms with Gasteiger partial charge in [-0.3, -0.25) is 0 Å². The number of likely N-dealkylation sites (tertiary alicyclic amines) is 1. The molecule has 1 aliphatic heterocycles. The van der Waals surface area contributed by atoms with Crippen LogP contribution in [0.15, 0.2) is 24.3 Å². The van der Waals surface area contributed by atoms with Crippen molar-refractivity contribution in [2.24, 2.45) is 0 Å². The highest BCUT2D eigenvalue weighted by molar-refractivity contribution is 6.30. The van der Waals surface area contributed by atoms with E-state index in [2.05, 4.69) is 36.3 Å². The van der Waals surface area contributed by atoms with Gasteiger partial charge >= 0.3 is 0 Å². The lowest BCUT2D eigenvalue weighted by Crippen LogP contribution is -2.32. The van der Waals surface area contributed by atoms with Crippen LogP contribution in [0.5, 0.6) is 0 Å². The van der Waals surface area contributed by atoms with Crippen molar-refractivity contribution in [3.8, 4) is 0 Å². The molecule has 94 valence electrons. The second kappa shape index (κ2) is 5.85. The van der Waals surface area contributed by atoms with E-state index in [9.17, 15) is 0 Å². The maximum absolute atomic E-state index is 5.86. The maximum atomic E-state index is 5.86. The van der Waals surface area contributed by atoms with Crippen LogP contribution in [0.1, 0.15) is 18.9 Å². The van der Waals surface area contributed by atoms with Crippen molar-refractivity contribution >= 4 is 11.6 Å². The van der Waals surface area contributed by atoms with Crippen molar-refractivity contribution in [1.82, 2.24) is 10.2 Å². The molecule has 0 radical (unpaired) electrons. The Morgan fingerprint density at radius 3 is 2.65 bits per heavy atom. The molecule has 1 aromatic rings. The van der Waals surface area contributed by atoms with Crippen molar-refractivity contribution in [3.05, 3.63) is 34.9 Å². The number of nitrogens with one attached hydrogen (secondary N) is 1. The van der Waals surface area contributed by atoms with Crippen molar-refractivity contribution in [3.63, 3.8) is 0 Å². The third-order valence-corrected chi connectivity index (χ3v) is 3.90. The Bertz CT molecular complexity index is 340. The molecule has 1 fully saturated rings. The molecule has 1 N–H and O–H groups in total. The molecular formula is C14H21ClN2. The van der Waals surface area contributed by atoms with E-state index in [4.69, 9.17) is 11.6 Å². The number of halogens is 1. The quantitative estimate of drug-likeness (QED) is 0.886. The topological polar surface area (TPSA) is 15.3 Å². The molecular weight excluding hydrogens is 232 g/mol. The number of benzene rings is 1. The van der Waals surface area contributed by atoms with Crippen molar-refractivity contribution in [2.75, 3.05) is 20.1 Å². The predicted molar refractivity (Wildman–Crippen MR) is 73.7 cm³/mol. The molecule has 2 atom stereocenters. The predicted octanol–water partition coefficient (Wildman–Crippen LogP) is 2.56. The third-order valence-electron chi connectivity index (χ3n) is 3.65. The Morgan fingerprint density at radius 2 is 2.06 bits per heavy atom. The van der Waals surface area contributed by atoms with E-state index in [1.807, 2.05) is 12.1 Å². The van der Waals surface area contributed by atoms with Crippen LogP contribution in [0.4, 0.5) is 0 Å². The van der Waals surface area contributed by atoms with Crippen LogP contribution in [0.2, 0.25) is 5.02 Å². The third kappa shape index (κ3) is 3.70. The van der Waals surface area contributed by atoms with Crippen LogP contribution in [0.3, 0.4) is 0 Å². The summed E-state index contributed by atoms with van der Waals surface area (Å²) in [5.41, 5.74) is 1.35. The van der Waals surface area contributed by atoms with E-state index in [1.165, 1.54) is 18.5 Å². The van der Waals surface area contributed by atoms with Crippen molar-refractivity contribution < 1.29 is 0 Å². The first-order valence-corrected chi connectivity index (χ1v) is 6.71. The van der Waals surface area contributed by atoms with Crippen LogP contribution in [0, 0.1) is 0 Å². The van der Waals surface area contributed by atoms with Gasteiger partial charge < -0.3 is 10.2 Å². The fraction of sp³-hybridized carbons (Fsp3) is 0.571. The van der Waals surface area contributed by atoms with Gasteiger partial charge in [0.1, 0.15) is 0 Å². The van der Waals surface area contributed by atoms with Gasteiger partial charge in [-0.15, -0.1) is 0 Å². The summed E-state index contributed by atoms with van der Waals surface area (Å²) in [7, 11) is 2.20. The van der Waals surface area contributed by atoms with E-state index >= 15 is 0 Å². The lowest BCUT2D eigenvalue weighted by Gasteiger charge is -2.13. The molecule has 0 bridgehead atoms. The minimum Gasteiger partial charge on any atom is -0.312 e. The zero-order chi connectivity index (χ0) is 12.3. The molecule has 0 amide bonds. The van der Waals surface area contributed by atoms with Gasteiger partial charge in [0.05, 0.1) is 0 Å². The largest absolute Gasteiger partial charge is 0.312 e. The number of hydrogen-bond donors (Lipinski definition) is 1. The first kappa shape index (κ1) is 12.9. The molecule has 0 aliphatic carbocycles. The second-order valence-electron chi connectivity index (χ2n) is 5.05. The highest BCUT2D eigenvalue weighted by Gasteiger charge is 2.25. The van der Waals surface area contributed by atoms with Gasteiger partial charge in [-0.25, -0.2) is 0 Å². The summed E-state index contributed by atoms with van der Waals surface area (Å²) >= 11 is 5.86. The van der Waals surface area contributed by atoms with E-state index < -0.39 is 0 Å². The molecule has 0 saturated carbocycles. The second-order valence-corrected chi connectivity index (χ2v) is 5.49. The minimum absolute atomic E-state index is 0.655. The standard InChI is InChI=1S/C14H21ClN2/c1-11-9-14(10-17(11)2)16-8-7-12-3-5-13(15)6-4-12/h3-6,11,14,16H,7-10H2,1-2H3. The summed E-state index contributed by atoms with van der Waals surface area (Å²) in [5, 5.41) is 4.44. The fourth-order valence-electron chi connectivity index (χ4n) is 2.41. The Kier molecular flexibility index (Phi) is 4.43. The Balaban J connectivity index is 1.71. The molecule has 1 heterocycles. The number of likely N-dealkylation sites (N-methyl/N-ethyl adjacent to an activating group) is 1. The minimum atomic E-state index is 0.655. The summed E-state index contributed by atoms with van der Waals surface area (Å²) in [6.07, 6.45) is 2.34. The van der Waals surface area contributed by atoms with Gasteiger partial charge in [-0.05, 0) is 51.1 Å². The highest BCUT2D eigenvalue weighted by atomic mass is 35.5. The van der Waals surface area contributed by atoms with E-state index in [0.717, 1.165) is 18.0 Å². The molecule has 0 spiro atoms. The van der Waals surface area contributed by atoms with Crippen LogP contribution >= 0.6 is 11.6 Å². The average Bonchev–Trinajstić information content (AvgIpc) is 2.61. The molecule has 1 aromatic carbocycles. The summed E-state index contributed by atoms with van der Waals surface area (Å²) in [5.74, 6) is 0. The van der Waals surface area contributed by atoms with Gasteiger partial charge in [0.2, 0.25) is 0 Å². The lowest BCUT2D eigenvalue weighted by molar-refractivity contribution is 0.327. The van der Waals surface area contributed by atoms with Crippen LogP contribution in [-0.2, 0) is 6.42 Å². The zero-order valence-electron chi connectivity index (χ0n) is 10.6. The summed E-state index contributed by atoms with van der Waals surface area (Å²) < 4.78 is 0. The van der Waals surface area contributed by atoms with Crippen LogP contribution < -0.4 is 5.32 Å². The Hall–Kier alpha value is -0.570. The maximum Gasteiger partial charge on any atom is 0.0406 e. The van der Waals surface area contributed by atoms with E-state index in [0.29, 0.717) is 12.1 Å². The molecule has 0 aromatic heterocycles. The monoisotopic (exact) mass is 252 g/mol. The first-order chi connectivity index (χ1) is 8.15. The molecule has 2 unspecified atom stereocenters. The van der Waals surface area contributed by atoms with Crippen molar-refractivity contribution in [1.29, 1.82) is 0 Å². The smallest absolute Gasteiger partial charge is 0.0406 e. The SMILES string of the molecule is CC1CC(NCCc2ccc(Cl)cc2)CN1C. The normalized spacial score (nSPS) is 25.4. The number of hydrogen-bond acceptors (Lipinski definition) is 2. The lowest BCUT2D eigenvalue weighted by atomic mass is 10.1. The first-order valence-electron chi connectivity index (χ1n) is 6.33. The van der Waals surface area contributed by atoms with Gasteiger partial charge in [-0.1, -0.05) is 23.7 Å². The summed E-state index contributed by atoms with van der Waals surface area (Å²) in [6.45, 7) is 4.51. The van der Waals surface area contributed by atoms with Crippen LogP contribution in [-0.4, -0.2) is 37.1 Å². The Morgan fingerprint density at radius 1 is 1.35 bits per heavy atom. The molecule has 3 heteroatoms. The molecule has 17 heavy (non-hydrogen) atoms. The van der Waals surface area contributed by atoms with Gasteiger partial charge in [0, 0.05) is 23.7 Å². The zero-order valence-corrected chi connectivity index (χ0v) is 11.4. The summed E-state index contributed by atoms with van der Waals surface area (Å²) in [6, 6.07) is 9.50. The number of nitrogens with zero attached hydrogens (tertiary/aromatic N) is 1. The van der Waals surface area contributed by atoms with Gasteiger partial charge in [0.15, 0.2) is 0 Å². The molecule has 2 rings (SSSR count). The molecule has 1 aliphatic rings. The fourth-order valence-corrected chi connectivity index (χ4v) is 2.54. The van der Waals surface area contributed by atoms with Crippen LogP contribution in [0.25, 0.3) is 0 Å². The Labute approximate surface area is 109 Å².